The third-order valence-corrected chi connectivity index (χ3v) is 4.53. The Morgan fingerprint density at radius 3 is 2.45 bits per heavy atom. The number of esters is 1. The lowest BCUT2D eigenvalue weighted by Gasteiger charge is -2.11. The van der Waals surface area contributed by atoms with Gasteiger partial charge < -0.3 is 24.3 Å². The van der Waals surface area contributed by atoms with Crippen LogP contribution in [0.4, 0.5) is 0 Å². The molecule has 1 aliphatic rings. The van der Waals surface area contributed by atoms with Crippen molar-refractivity contribution in [3.63, 3.8) is 0 Å². The van der Waals surface area contributed by atoms with Gasteiger partial charge in [-0.15, -0.1) is 0 Å². The lowest BCUT2D eigenvalue weighted by Crippen LogP contribution is -2.28. The Kier molecular flexibility index (Phi) is 7.47. The van der Waals surface area contributed by atoms with Gasteiger partial charge in [-0.2, -0.15) is 0 Å². The van der Waals surface area contributed by atoms with Gasteiger partial charge in [-0.1, -0.05) is 12.1 Å². The van der Waals surface area contributed by atoms with Gasteiger partial charge in [-0.3, -0.25) is 4.79 Å². The van der Waals surface area contributed by atoms with Gasteiger partial charge in [0.1, 0.15) is 18.1 Å². The van der Waals surface area contributed by atoms with E-state index in [1.54, 1.807) is 31.4 Å². The third-order valence-electron chi connectivity index (χ3n) is 4.53. The molecule has 1 amide bonds. The molecule has 1 atom stereocenters. The van der Waals surface area contributed by atoms with Crippen molar-refractivity contribution in [2.45, 2.75) is 25.5 Å². The number of benzene rings is 2. The molecular weight excluding hydrogens is 374 g/mol. The van der Waals surface area contributed by atoms with Crippen LogP contribution in [0, 0.1) is 0 Å². The molecule has 1 aliphatic heterocycles. The lowest BCUT2D eigenvalue weighted by atomic mass is 10.2. The number of amides is 1. The van der Waals surface area contributed by atoms with Crippen LogP contribution in [0.3, 0.4) is 0 Å². The maximum Gasteiger partial charge on any atom is 0.338 e. The van der Waals surface area contributed by atoms with Crippen LogP contribution >= 0.6 is 0 Å². The molecule has 29 heavy (non-hydrogen) atoms. The lowest BCUT2D eigenvalue weighted by molar-refractivity contribution is -0.124. The molecule has 0 radical (unpaired) electrons. The van der Waals surface area contributed by atoms with Gasteiger partial charge in [0.05, 0.1) is 18.8 Å². The molecule has 1 heterocycles. The fraction of sp³-hybridized carbons (Fsp3) is 0.364. The van der Waals surface area contributed by atoms with Crippen molar-refractivity contribution >= 4 is 11.9 Å². The first-order valence-electron chi connectivity index (χ1n) is 9.55. The normalized spacial score (nSPS) is 15.6. The van der Waals surface area contributed by atoms with E-state index in [1.807, 2.05) is 24.3 Å². The minimum atomic E-state index is -0.560. The Labute approximate surface area is 169 Å². The Morgan fingerprint density at radius 2 is 1.79 bits per heavy atom. The van der Waals surface area contributed by atoms with Crippen molar-refractivity contribution < 1.29 is 28.5 Å². The molecule has 0 bridgehead atoms. The zero-order valence-corrected chi connectivity index (χ0v) is 16.4. The van der Waals surface area contributed by atoms with E-state index in [0.29, 0.717) is 24.5 Å². The topological polar surface area (TPSA) is 83.1 Å². The Bertz CT molecular complexity index is 797. The Balaban J connectivity index is 1.38. The molecule has 1 N–H and O–H groups in total. The Morgan fingerprint density at radius 1 is 1.07 bits per heavy atom. The summed E-state index contributed by atoms with van der Waals surface area (Å²) in [5.41, 5.74) is 1.28. The minimum Gasteiger partial charge on any atom is -0.497 e. The van der Waals surface area contributed by atoms with Crippen LogP contribution in [0.25, 0.3) is 0 Å². The van der Waals surface area contributed by atoms with Crippen LogP contribution in [0.15, 0.2) is 48.5 Å². The molecule has 1 fully saturated rings. The summed E-state index contributed by atoms with van der Waals surface area (Å²) in [4.78, 5) is 24.0. The fourth-order valence-electron chi connectivity index (χ4n) is 2.86. The quantitative estimate of drug-likeness (QED) is 0.653. The van der Waals surface area contributed by atoms with Crippen molar-refractivity contribution in [3.05, 3.63) is 59.7 Å². The molecule has 2 aromatic rings. The van der Waals surface area contributed by atoms with Crippen LogP contribution < -0.4 is 14.8 Å². The van der Waals surface area contributed by atoms with E-state index in [2.05, 4.69) is 5.32 Å². The van der Waals surface area contributed by atoms with Gasteiger partial charge in [0.2, 0.25) is 0 Å². The van der Waals surface area contributed by atoms with E-state index < -0.39 is 5.97 Å². The molecule has 2 aromatic carbocycles. The number of carbonyl (C=O) groups is 2. The van der Waals surface area contributed by atoms with E-state index in [9.17, 15) is 9.59 Å². The van der Waals surface area contributed by atoms with E-state index in [0.717, 1.165) is 30.8 Å². The SMILES string of the molecule is COc1ccc(CNC(=O)COC(=O)c2ccc(OC[C@@H]3CCCO3)cc2)cc1. The predicted molar refractivity (Wildman–Crippen MR) is 106 cm³/mol. The molecule has 0 spiro atoms. The second kappa shape index (κ2) is 10.5. The number of hydrogen-bond donors (Lipinski definition) is 1. The largest absolute Gasteiger partial charge is 0.497 e. The van der Waals surface area contributed by atoms with Gasteiger partial charge in [-0.05, 0) is 54.8 Å². The summed E-state index contributed by atoms with van der Waals surface area (Å²) >= 11 is 0. The molecule has 154 valence electrons. The number of carbonyl (C=O) groups excluding carboxylic acids is 2. The predicted octanol–water partition coefficient (Wildman–Crippen LogP) is 2.73. The van der Waals surface area contributed by atoms with Gasteiger partial charge in [-0.25, -0.2) is 4.79 Å². The molecule has 0 unspecified atom stereocenters. The summed E-state index contributed by atoms with van der Waals surface area (Å²) in [5, 5.41) is 2.71. The van der Waals surface area contributed by atoms with Crippen LogP contribution in [-0.4, -0.2) is 44.9 Å². The average molecular weight is 399 g/mol. The van der Waals surface area contributed by atoms with E-state index in [1.165, 1.54) is 0 Å². The molecule has 7 heteroatoms. The highest BCUT2D eigenvalue weighted by Gasteiger charge is 2.16. The van der Waals surface area contributed by atoms with Crippen molar-refractivity contribution in [1.82, 2.24) is 5.32 Å². The van der Waals surface area contributed by atoms with Gasteiger partial charge in [0, 0.05) is 13.2 Å². The first-order chi connectivity index (χ1) is 14.1. The maximum atomic E-state index is 12.1. The number of methoxy groups -OCH3 is 1. The molecule has 7 nitrogen and oxygen atoms in total. The second-order valence-electron chi connectivity index (χ2n) is 6.67. The van der Waals surface area contributed by atoms with Crippen LogP contribution in [0.5, 0.6) is 11.5 Å². The number of rotatable bonds is 9. The highest BCUT2D eigenvalue weighted by molar-refractivity contribution is 5.91. The maximum absolute atomic E-state index is 12.1. The van der Waals surface area contributed by atoms with Gasteiger partial charge in [0.15, 0.2) is 6.61 Å². The molecule has 0 saturated carbocycles. The van der Waals surface area contributed by atoms with E-state index in [4.69, 9.17) is 18.9 Å². The fourth-order valence-corrected chi connectivity index (χ4v) is 2.86. The number of hydrogen-bond acceptors (Lipinski definition) is 6. The average Bonchev–Trinajstić information content (AvgIpc) is 3.29. The summed E-state index contributed by atoms with van der Waals surface area (Å²) in [6, 6.07) is 14.0. The smallest absolute Gasteiger partial charge is 0.338 e. The van der Waals surface area contributed by atoms with E-state index >= 15 is 0 Å². The molecular formula is C22H25NO6. The molecule has 0 aliphatic carbocycles. The van der Waals surface area contributed by atoms with Crippen LogP contribution in [0.2, 0.25) is 0 Å². The second-order valence-corrected chi connectivity index (χ2v) is 6.67. The number of ether oxygens (including phenoxy) is 4. The molecule has 3 rings (SSSR count). The minimum absolute atomic E-state index is 0.135. The summed E-state index contributed by atoms with van der Waals surface area (Å²) < 4.78 is 21.3. The third kappa shape index (κ3) is 6.50. The zero-order chi connectivity index (χ0) is 20.5. The van der Waals surface area contributed by atoms with E-state index in [-0.39, 0.29) is 18.6 Å². The standard InChI is InChI=1S/C22H25NO6/c1-26-18-8-4-16(5-9-18)13-23-21(24)15-29-22(25)17-6-10-19(11-7-17)28-14-20-3-2-12-27-20/h4-11,20H,2-3,12-15H2,1H3,(H,23,24)/t20-/m0/s1. The summed E-state index contributed by atoms with van der Waals surface area (Å²) in [6.07, 6.45) is 2.20. The monoisotopic (exact) mass is 399 g/mol. The molecule has 1 saturated heterocycles. The van der Waals surface area contributed by atoms with Gasteiger partial charge >= 0.3 is 5.97 Å². The van der Waals surface area contributed by atoms with Crippen LogP contribution in [-0.2, 0) is 20.8 Å². The first kappa shape index (κ1) is 20.7. The summed E-state index contributed by atoms with van der Waals surface area (Å²) in [7, 11) is 1.59. The summed E-state index contributed by atoms with van der Waals surface area (Å²) in [5.74, 6) is 0.479. The van der Waals surface area contributed by atoms with Crippen molar-refractivity contribution in [2.24, 2.45) is 0 Å². The van der Waals surface area contributed by atoms with Crippen molar-refractivity contribution in [3.8, 4) is 11.5 Å². The van der Waals surface area contributed by atoms with Crippen molar-refractivity contribution in [2.75, 3.05) is 26.9 Å². The Hall–Kier alpha value is -3.06. The van der Waals surface area contributed by atoms with Crippen LogP contribution in [0.1, 0.15) is 28.8 Å². The highest BCUT2D eigenvalue weighted by atomic mass is 16.5. The van der Waals surface area contributed by atoms with Crippen molar-refractivity contribution in [1.29, 1.82) is 0 Å². The number of nitrogens with one attached hydrogen (secondary N) is 1. The highest BCUT2D eigenvalue weighted by Crippen LogP contribution is 2.17. The summed E-state index contributed by atoms with van der Waals surface area (Å²) in [6.45, 7) is 1.29. The zero-order valence-electron chi connectivity index (χ0n) is 16.4. The first-order valence-corrected chi connectivity index (χ1v) is 9.55. The molecule has 0 aromatic heterocycles. The van der Waals surface area contributed by atoms with Gasteiger partial charge in [0.25, 0.3) is 5.91 Å².